The lowest BCUT2D eigenvalue weighted by molar-refractivity contribution is -0.141. The van der Waals surface area contributed by atoms with Gasteiger partial charge in [-0.05, 0) is 6.92 Å². The Morgan fingerprint density at radius 1 is 1.83 bits per heavy atom. The molecule has 0 fully saturated rings. The molecule has 0 saturated carbocycles. The fourth-order valence-electron chi connectivity index (χ4n) is 0.883. The molecule has 0 aromatic carbocycles. The highest BCUT2D eigenvalue weighted by Gasteiger charge is 2.06. The standard InChI is InChI=1S/C7H11N3O2/c1-5-3-6(8)9-10(5)4-7(11)12-2/h3H,4H2,1-2H3,(H2,8,9). The molecule has 0 spiro atoms. The molecule has 0 bridgehead atoms. The Morgan fingerprint density at radius 3 is 2.92 bits per heavy atom. The smallest absolute Gasteiger partial charge is 0.327 e. The van der Waals surface area contributed by atoms with Gasteiger partial charge in [-0.2, -0.15) is 5.10 Å². The SMILES string of the molecule is COC(=O)Cn1nc(N)cc1C. The molecular weight excluding hydrogens is 158 g/mol. The van der Waals surface area contributed by atoms with E-state index in [4.69, 9.17) is 5.73 Å². The molecule has 5 heteroatoms. The number of esters is 1. The summed E-state index contributed by atoms with van der Waals surface area (Å²) in [6.07, 6.45) is 0. The minimum atomic E-state index is -0.332. The highest BCUT2D eigenvalue weighted by molar-refractivity contribution is 5.69. The molecule has 1 heterocycles. The minimum Gasteiger partial charge on any atom is -0.468 e. The summed E-state index contributed by atoms with van der Waals surface area (Å²) in [4.78, 5) is 10.8. The van der Waals surface area contributed by atoms with Crippen LogP contribution in [0.4, 0.5) is 5.82 Å². The number of nitrogen functional groups attached to an aromatic ring is 1. The van der Waals surface area contributed by atoms with E-state index in [1.165, 1.54) is 11.8 Å². The molecule has 0 amide bonds. The molecule has 1 aromatic rings. The van der Waals surface area contributed by atoms with E-state index in [0.717, 1.165) is 5.69 Å². The van der Waals surface area contributed by atoms with Gasteiger partial charge in [0.15, 0.2) is 0 Å². The van der Waals surface area contributed by atoms with Gasteiger partial charge in [0.1, 0.15) is 12.4 Å². The zero-order chi connectivity index (χ0) is 9.14. The van der Waals surface area contributed by atoms with Crippen molar-refractivity contribution in [1.29, 1.82) is 0 Å². The van der Waals surface area contributed by atoms with Gasteiger partial charge in [-0.15, -0.1) is 0 Å². The van der Waals surface area contributed by atoms with Crippen molar-refractivity contribution in [2.24, 2.45) is 0 Å². The predicted molar refractivity (Wildman–Crippen MR) is 43.4 cm³/mol. The molecule has 0 aliphatic rings. The molecule has 0 unspecified atom stereocenters. The summed E-state index contributed by atoms with van der Waals surface area (Å²) in [6, 6.07) is 1.70. The van der Waals surface area contributed by atoms with Gasteiger partial charge in [0.25, 0.3) is 0 Å². The largest absolute Gasteiger partial charge is 0.468 e. The third kappa shape index (κ3) is 1.75. The van der Waals surface area contributed by atoms with Gasteiger partial charge < -0.3 is 10.5 Å². The average Bonchev–Trinajstić information content (AvgIpc) is 2.30. The average molecular weight is 169 g/mol. The Balaban J connectivity index is 2.75. The number of nitrogens with two attached hydrogens (primary N) is 1. The topological polar surface area (TPSA) is 70.1 Å². The molecule has 1 aromatic heterocycles. The number of carbonyl (C=O) groups excluding carboxylic acids is 1. The summed E-state index contributed by atoms with van der Waals surface area (Å²) in [5, 5.41) is 3.89. The number of hydrogen-bond donors (Lipinski definition) is 1. The lowest BCUT2D eigenvalue weighted by Gasteiger charge is -2.00. The Hall–Kier alpha value is -1.52. The maximum Gasteiger partial charge on any atom is 0.327 e. The summed E-state index contributed by atoms with van der Waals surface area (Å²) in [6.45, 7) is 1.94. The highest BCUT2D eigenvalue weighted by atomic mass is 16.5. The molecule has 2 N–H and O–H groups in total. The van der Waals surface area contributed by atoms with E-state index < -0.39 is 0 Å². The third-order valence-electron chi connectivity index (χ3n) is 1.51. The number of hydrogen-bond acceptors (Lipinski definition) is 4. The van der Waals surface area contributed by atoms with E-state index in [9.17, 15) is 4.79 Å². The number of aryl methyl sites for hydroxylation is 1. The third-order valence-corrected chi connectivity index (χ3v) is 1.51. The molecule has 12 heavy (non-hydrogen) atoms. The Labute approximate surface area is 70.1 Å². The Morgan fingerprint density at radius 2 is 2.50 bits per heavy atom. The Kier molecular flexibility index (Phi) is 2.32. The van der Waals surface area contributed by atoms with Crippen LogP contribution in [0, 0.1) is 6.92 Å². The van der Waals surface area contributed by atoms with Crippen LogP contribution in [0.3, 0.4) is 0 Å². The van der Waals surface area contributed by atoms with E-state index in [1.807, 2.05) is 6.92 Å². The van der Waals surface area contributed by atoms with Gasteiger partial charge in [0.2, 0.25) is 0 Å². The van der Waals surface area contributed by atoms with Crippen LogP contribution in [0.1, 0.15) is 5.69 Å². The normalized spacial score (nSPS) is 9.83. The van der Waals surface area contributed by atoms with Gasteiger partial charge in [-0.1, -0.05) is 0 Å². The number of methoxy groups -OCH3 is 1. The van der Waals surface area contributed by atoms with Crippen LogP contribution in [-0.2, 0) is 16.1 Å². The second-order valence-corrected chi connectivity index (χ2v) is 2.44. The zero-order valence-electron chi connectivity index (χ0n) is 7.07. The van der Waals surface area contributed by atoms with E-state index in [-0.39, 0.29) is 12.5 Å². The van der Waals surface area contributed by atoms with Crippen molar-refractivity contribution in [2.75, 3.05) is 12.8 Å². The molecular formula is C7H11N3O2. The van der Waals surface area contributed by atoms with Gasteiger partial charge in [-0.25, -0.2) is 0 Å². The summed E-state index contributed by atoms with van der Waals surface area (Å²) >= 11 is 0. The lowest BCUT2D eigenvalue weighted by atomic mass is 10.4. The van der Waals surface area contributed by atoms with Crippen molar-refractivity contribution >= 4 is 11.8 Å². The predicted octanol–water partition coefficient (Wildman–Crippen LogP) is -0.0533. The van der Waals surface area contributed by atoms with Gasteiger partial charge in [0, 0.05) is 11.8 Å². The monoisotopic (exact) mass is 169 g/mol. The summed E-state index contributed by atoms with van der Waals surface area (Å²) in [7, 11) is 1.34. The van der Waals surface area contributed by atoms with Crippen molar-refractivity contribution in [3.8, 4) is 0 Å². The number of ether oxygens (including phenoxy) is 1. The van der Waals surface area contributed by atoms with Crippen LogP contribution in [0.25, 0.3) is 0 Å². The van der Waals surface area contributed by atoms with Crippen molar-refractivity contribution in [1.82, 2.24) is 9.78 Å². The van der Waals surface area contributed by atoms with Crippen LogP contribution in [0.15, 0.2) is 6.07 Å². The van der Waals surface area contributed by atoms with Crippen LogP contribution in [0.2, 0.25) is 0 Å². The van der Waals surface area contributed by atoms with Crippen LogP contribution >= 0.6 is 0 Å². The van der Waals surface area contributed by atoms with Crippen LogP contribution in [0.5, 0.6) is 0 Å². The first kappa shape index (κ1) is 8.58. The van der Waals surface area contributed by atoms with E-state index in [2.05, 4.69) is 9.84 Å². The second kappa shape index (κ2) is 3.25. The first-order chi connectivity index (χ1) is 5.63. The molecule has 1 rings (SSSR count). The van der Waals surface area contributed by atoms with Crippen molar-refractivity contribution in [2.45, 2.75) is 13.5 Å². The minimum absolute atomic E-state index is 0.111. The summed E-state index contributed by atoms with van der Waals surface area (Å²) in [5.74, 6) is 0.0811. The molecule has 0 aliphatic carbocycles. The van der Waals surface area contributed by atoms with E-state index in [1.54, 1.807) is 6.07 Å². The molecule has 0 aliphatic heterocycles. The fraction of sp³-hybridized carbons (Fsp3) is 0.429. The molecule has 0 radical (unpaired) electrons. The molecule has 66 valence electrons. The first-order valence-corrected chi connectivity index (χ1v) is 3.50. The maximum atomic E-state index is 10.8. The lowest BCUT2D eigenvalue weighted by Crippen LogP contribution is -2.13. The second-order valence-electron chi connectivity index (χ2n) is 2.44. The number of aromatic nitrogens is 2. The van der Waals surface area contributed by atoms with E-state index in [0.29, 0.717) is 5.82 Å². The van der Waals surface area contributed by atoms with Gasteiger partial charge in [0.05, 0.1) is 7.11 Å². The first-order valence-electron chi connectivity index (χ1n) is 3.50. The maximum absolute atomic E-state index is 10.8. The Bertz CT molecular complexity index is 293. The van der Waals surface area contributed by atoms with Crippen molar-refractivity contribution in [3.63, 3.8) is 0 Å². The van der Waals surface area contributed by atoms with Crippen molar-refractivity contribution in [3.05, 3.63) is 11.8 Å². The van der Waals surface area contributed by atoms with Crippen LogP contribution in [-0.4, -0.2) is 22.9 Å². The van der Waals surface area contributed by atoms with E-state index >= 15 is 0 Å². The zero-order valence-corrected chi connectivity index (χ0v) is 7.07. The molecule has 5 nitrogen and oxygen atoms in total. The number of anilines is 1. The van der Waals surface area contributed by atoms with Gasteiger partial charge >= 0.3 is 5.97 Å². The number of carbonyl (C=O) groups is 1. The fourth-order valence-corrected chi connectivity index (χ4v) is 0.883. The van der Waals surface area contributed by atoms with Crippen LogP contribution < -0.4 is 5.73 Å². The number of rotatable bonds is 2. The summed E-state index contributed by atoms with van der Waals surface area (Å²) in [5.41, 5.74) is 6.26. The molecule has 0 saturated heterocycles. The number of nitrogens with zero attached hydrogens (tertiary/aromatic N) is 2. The highest BCUT2D eigenvalue weighted by Crippen LogP contribution is 2.03. The molecule has 0 atom stereocenters. The van der Waals surface area contributed by atoms with Gasteiger partial charge in [-0.3, -0.25) is 9.48 Å². The quantitative estimate of drug-likeness (QED) is 0.630. The van der Waals surface area contributed by atoms with Crippen molar-refractivity contribution < 1.29 is 9.53 Å². The summed E-state index contributed by atoms with van der Waals surface area (Å²) < 4.78 is 5.98.